The van der Waals surface area contributed by atoms with Crippen molar-refractivity contribution in [1.29, 1.82) is 5.26 Å². The molecule has 1 aliphatic rings. The van der Waals surface area contributed by atoms with E-state index in [0.717, 1.165) is 12.1 Å². The molecule has 1 aliphatic heterocycles. The SMILES string of the molecule is CN(C)c1ccc(C(F)(F)F)cc1NC(=O)C1CCN(S(=O)(=O)c2ccc(C#N)cc2)CC1. The van der Waals surface area contributed by atoms with E-state index in [2.05, 4.69) is 5.32 Å². The molecule has 0 bridgehead atoms. The molecule has 1 N–H and O–H groups in total. The van der Waals surface area contributed by atoms with Crippen molar-refractivity contribution in [3.63, 3.8) is 0 Å². The zero-order chi connectivity index (χ0) is 24.4. The topological polar surface area (TPSA) is 93.5 Å². The molecule has 2 aromatic carbocycles. The van der Waals surface area contributed by atoms with Gasteiger partial charge in [0.25, 0.3) is 0 Å². The number of rotatable bonds is 5. The smallest absolute Gasteiger partial charge is 0.376 e. The van der Waals surface area contributed by atoms with Gasteiger partial charge in [-0.05, 0) is 55.3 Å². The summed E-state index contributed by atoms with van der Waals surface area (Å²) in [4.78, 5) is 14.4. The average molecular weight is 481 g/mol. The number of carbonyl (C=O) groups excluding carboxylic acids is 1. The van der Waals surface area contributed by atoms with E-state index < -0.39 is 33.6 Å². The highest BCUT2D eigenvalue weighted by atomic mass is 32.2. The fourth-order valence-corrected chi connectivity index (χ4v) is 5.12. The summed E-state index contributed by atoms with van der Waals surface area (Å²) in [7, 11) is -0.459. The van der Waals surface area contributed by atoms with Crippen molar-refractivity contribution >= 4 is 27.3 Å². The number of amides is 1. The number of sulfonamides is 1. The number of nitrogens with zero attached hydrogens (tertiary/aromatic N) is 3. The molecule has 0 unspecified atom stereocenters. The van der Waals surface area contributed by atoms with E-state index in [-0.39, 0.29) is 36.5 Å². The van der Waals surface area contributed by atoms with Gasteiger partial charge in [-0.2, -0.15) is 22.7 Å². The summed E-state index contributed by atoms with van der Waals surface area (Å²) < 4.78 is 66.3. The molecule has 0 saturated carbocycles. The standard InChI is InChI=1S/C22H23F3N4O3S/c1-28(2)20-8-5-17(22(23,24)25)13-19(20)27-21(30)16-9-11-29(12-10-16)33(31,32)18-6-3-15(14-26)4-7-18/h3-8,13,16H,9-12H2,1-2H3,(H,27,30). The molecule has 0 spiro atoms. The van der Waals surface area contributed by atoms with E-state index in [1.54, 1.807) is 19.0 Å². The largest absolute Gasteiger partial charge is 0.416 e. The van der Waals surface area contributed by atoms with E-state index >= 15 is 0 Å². The van der Waals surface area contributed by atoms with Crippen LogP contribution in [0.5, 0.6) is 0 Å². The summed E-state index contributed by atoms with van der Waals surface area (Å²) in [5.41, 5.74) is -0.0487. The third-order valence-electron chi connectivity index (χ3n) is 5.51. The molecule has 176 valence electrons. The van der Waals surface area contributed by atoms with Gasteiger partial charge in [-0.1, -0.05) is 0 Å². The monoisotopic (exact) mass is 480 g/mol. The molecule has 0 aliphatic carbocycles. The van der Waals surface area contributed by atoms with Crippen LogP contribution in [0, 0.1) is 17.2 Å². The molecular formula is C22H23F3N4O3S. The Hall–Kier alpha value is -3.10. The molecule has 33 heavy (non-hydrogen) atoms. The zero-order valence-corrected chi connectivity index (χ0v) is 18.9. The molecule has 0 aromatic heterocycles. The molecule has 1 amide bonds. The maximum atomic E-state index is 13.1. The molecule has 3 rings (SSSR count). The fraction of sp³-hybridized carbons (Fsp3) is 0.364. The van der Waals surface area contributed by atoms with E-state index in [0.29, 0.717) is 11.3 Å². The first-order valence-corrected chi connectivity index (χ1v) is 11.6. The number of halogens is 3. The lowest BCUT2D eigenvalue weighted by Crippen LogP contribution is -2.41. The van der Waals surface area contributed by atoms with Gasteiger partial charge in [0.2, 0.25) is 15.9 Å². The summed E-state index contributed by atoms with van der Waals surface area (Å²) >= 11 is 0. The van der Waals surface area contributed by atoms with E-state index in [1.807, 2.05) is 6.07 Å². The predicted octanol–water partition coefficient (Wildman–Crippen LogP) is 3.68. The molecule has 1 heterocycles. The lowest BCUT2D eigenvalue weighted by atomic mass is 9.97. The number of nitriles is 1. The number of nitrogens with one attached hydrogen (secondary N) is 1. The molecule has 11 heteroatoms. The first-order valence-electron chi connectivity index (χ1n) is 10.1. The van der Waals surface area contributed by atoms with Crippen molar-refractivity contribution in [2.45, 2.75) is 23.9 Å². The maximum Gasteiger partial charge on any atom is 0.416 e. The number of carbonyl (C=O) groups is 1. The van der Waals surface area contributed by atoms with Gasteiger partial charge in [0.05, 0.1) is 33.5 Å². The van der Waals surface area contributed by atoms with Gasteiger partial charge >= 0.3 is 6.18 Å². The first-order chi connectivity index (χ1) is 15.4. The van der Waals surface area contributed by atoms with Gasteiger partial charge < -0.3 is 10.2 Å². The molecule has 2 aromatic rings. The maximum absolute atomic E-state index is 13.1. The Balaban J connectivity index is 1.70. The predicted molar refractivity (Wildman–Crippen MR) is 117 cm³/mol. The van der Waals surface area contributed by atoms with Crippen LogP contribution in [0.15, 0.2) is 47.4 Å². The van der Waals surface area contributed by atoms with Gasteiger partial charge in [0, 0.05) is 33.1 Å². The zero-order valence-electron chi connectivity index (χ0n) is 18.1. The summed E-state index contributed by atoms with van der Waals surface area (Å²) in [5.74, 6) is -0.991. The minimum atomic E-state index is -4.55. The van der Waals surface area contributed by atoms with Crippen molar-refractivity contribution in [3.8, 4) is 6.07 Å². The number of benzene rings is 2. The highest BCUT2D eigenvalue weighted by molar-refractivity contribution is 7.89. The van der Waals surface area contributed by atoms with E-state index in [9.17, 15) is 26.4 Å². The Morgan fingerprint density at radius 3 is 2.24 bits per heavy atom. The van der Waals surface area contributed by atoms with Gasteiger partial charge in [-0.25, -0.2) is 8.42 Å². The van der Waals surface area contributed by atoms with Crippen LogP contribution in [-0.4, -0.2) is 45.8 Å². The number of hydrogen-bond acceptors (Lipinski definition) is 5. The van der Waals surface area contributed by atoms with Crippen LogP contribution in [0.2, 0.25) is 0 Å². The van der Waals surface area contributed by atoms with Crippen LogP contribution in [-0.2, 0) is 21.0 Å². The van der Waals surface area contributed by atoms with Crippen LogP contribution in [0.4, 0.5) is 24.5 Å². The summed E-state index contributed by atoms with van der Waals surface area (Å²) in [6.45, 7) is 0.201. The van der Waals surface area contributed by atoms with Gasteiger partial charge in [-0.3, -0.25) is 4.79 Å². The summed E-state index contributed by atoms with van der Waals surface area (Å²) in [6, 6.07) is 10.7. The third kappa shape index (κ3) is 5.46. The van der Waals surface area contributed by atoms with Crippen LogP contribution in [0.1, 0.15) is 24.0 Å². The van der Waals surface area contributed by atoms with Crippen LogP contribution >= 0.6 is 0 Å². The second-order valence-corrected chi connectivity index (χ2v) is 9.87. The molecule has 0 radical (unpaired) electrons. The number of piperidine rings is 1. The van der Waals surface area contributed by atoms with Crippen LogP contribution in [0.3, 0.4) is 0 Å². The highest BCUT2D eigenvalue weighted by Crippen LogP contribution is 2.35. The van der Waals surface area contributed by atoms with Gasteiger partial charge in [0.15, 0.2) is 0 Å². The summed E-state index contributed by atoms with van der Waals surface area (Å²) in [5, 5.41) is 11.5. The summed E-state index contributed by atoms with van der Waals surface area (Å²) in [6.07, 6.45) is -4.08. The fourth-order valence-electron chi connectivity index (χ4n) is 3.65. The molecule has 1 saturated heterocycles. The lowest BCUT2D eigenvalue weighted by Gasteiger charge is -2.31. The second kappa shape index (κ2) is 9.41. The van der Waals surface area contributed by atoms with E-state index in [1.165, 1.54) is 34.6 Å². The quantitative estimate of drug-likeness (QED) is 0.705. The Morgan fingerprint density at radius 1 is 1.12 bits per heavy atom. The number of anilines is 2. The van der Waals surface area contributed by atoms with Crippen molar-refractivity contribution in [2.24, 2.45) is 5.92 Å². The Kier molecular flexibility index (Phi) is 7.00. The molecule has 0 atom stereocenters. The minimum Gasteiger partial charge on any atom is -0.376 e. The third-order valence-corrected chi connectivity index (χ3v) is 7.42. The minimum absolute atomic E-state index is 0.0486. The van der Waals surface area contributed by atoms with Crippen LogP contribution in [0.25, 0.3) is 0 Å². The number of hydrogen-bond donors (Lipinski definition) is 1. The molecule has 1 fully saturated rings. The second-order valence-electron chi connectivity index (χ2n) is 7.93. The van der Waals surface area contributed by atoms with Crippen molar-refractivity contribution < 1.29 is 26.4 Å². The Labute approximate surface area is 190 Å². The lowest BCUT2D eigenvalue weighted by molar-refractivity contribution is -0.137. The molecule has 7 nitrogen and oxygen atoms in total. The Bertz CT molecular complexity index is 1160. The van der Waals surface area contributed by atoms with Crippen molar-refractivity contribution in [2.75, 3.05) is 37.4 Å². The van der Waals surface area contributed by atoms with E-state index in [4.69, 9.17) is 5.26 Å². The van der Waals surface area contributed by atoms with Gasteiger partial charge in [-0.15, -0.1) is 0 Å². The highest BCUT2D eigenvalue weighted by Gasteiger charge is 2.34. The normalized spacial score (nSPS) is 15.6. The van der Waals surface area contributed by atoms with Crippen molar-refractivity contribution in [3.05, 3.63) is 53.6 Å². The molecular weight excluding hydrogens is 457 g/mol. The van der Waals surface area contributed by atoms with Crippen LogP contribution < -0.4 is 10.2 Å². The number of alkyl halides is 3. The van der Waals surface area contributed by atoms with Gasteiger partial charge in [0.1, 0.15) is 0 Å². The first kappa shape index (κ1) is 24.5. The average Bonchev–Trinajstić information content (AvgIpc) is 2.78. The van der Waals surface area contributed by atoms with Crippen molar-refractivity contribution in [1.82, 2.24) is 4.31 Å². The Morgan fingerprint density at radius 2 is 1.73 bits per heavy atom.